The Balaban J connectivity index is 1.94. The molecule has 0 spiro atoms. The van der Waals surface area contributed by atoms with Crippen LogP contribution in [0.1, 0.15) is 43.0 Å². The second-order valence-corrected chi connectivity index (χ2v) is 5.05. The Morgan fingerprint density at radius 2 is 2.11 bits per heavy atom. The number of benzene rings is 1. The molecule has 0 aliphatic heterocycles. The number of ether oxygens (including phenoxy) is 1. The average Bonchev–Trinajstić information content (AvgIpc) is 2.45. The lowest BCUT2D eigenvalue weighted by Crippen LogP contribution is -2.22. The van der Waals surface area contributed by atoms with Crippen LogP contribution in [0, 0.1) is 5.92 Å². The van der Waals surface area contributed by atoms with Crippen molar-refractivity contribution < 1.29 is 9.53 Å². The van der Waals surface area contributed by atoms with Crippen molar-refractivity contribution in [2.45, 2.75) is 32.6 Å². The predicted octanol–water partition coefficient (Wildman–Crippen LogP) is 2.99. The highest BCUT2D eigenvalue weighted by Crippen LogP contribution is 2.21. The maximum Gasteiger partial charge on any atom is 0.271 e. The van der Waals surface area contributed by atoms with Crippen molar-refractivity contribution in [2.75, 3.05) is 7.11 Å². The van der Waals surface area contributed by atoms with Crippen LogP contribution in [0.3, 0.4) is 0 Å². The quantitative estimate of drug-likeness (QED) is 0.849. The van der Waals surface area contributed by atoms with E-state index in [9.17, 15) is 4.79 Å². The number of carbonyl (C=O) groups excluding carboxylic acids is 1. The molecule has 0 radical (unpaired) electrons. The van der Waals surface area contributed by atoms with Crippen molar-refractivity contribution in [1.82, 2.24) is 5.43 Å². The number of methoxy groups -OCH3 is 1. The van der Waals surface area contributed by atoms with E-state index >= 15 is 0 Å². The van der Waals surface area contributed by atoms with Gasteiger partial charge in [0.25, 0.3) is 5.91 Å². The normalized spacial score (nSPS) is 21.2. The van der Waals surface area contributed by atoms with Gasteiger partial charge in [0.05, 0.1) is 7.11 Å². The van der Waals surface area contributed by atoms with Crippen LogP contribution in [0.4, 0.5) is 0 Å². The second kappa shape index (κ2) is 6.36. The number of nitrogens with zero attached hydrogens (tertiary/aromatic N) is 1. The van der Waals surface area contributed by atoms with E-state index in [-0.39, 0.29) is 5.91 Å². The molecule has 0 heterocycles. The highest BCUT2D eigenvalue weighted by Gasteiger charge is 2.14. The third kappa shape index (κ3) is 3.81. The lowest BCUT2D eigenvalue weighted by molar-refractivity contribution is 0.0954. The Kier molecular flexibility index (Phi) is 4.55. The summed E-state index contributed by atoms with van der Waals surface area (Å²) >= 11 is 0. The minimum absolute atomic E-state index is 0.173. The summed E-state index contributed by atoms with van der Waals surface area (Å²) in [5.41, 5.74) is 4.32. The molecule has 1 amide bonds. The van der Waals surface area contributed by atoms with Gasteiger partial charge in [-0.2, -0.15) is 5.10 Å². The highest BCUT2D eigenvalue weighted by atomic mass is 16.5. The summed E-state index contributed by atoms with van der Waals surface area (Å²) in [5, 5.41) is 4.24. The number of hydrogen-bond acceptors (Lipinski definition) is 3. The zero-order chi connectivity index (χ0) is 13.7. The second-order valence-electron chi connectivity index (χ2n) is 5.05. The van der Waals surface area contributed by atoms with Gasteiger partial charge in [0, 0.05) is 11.3 Å². The smallest absolute Gasteiger partial charge is 0.271 e. The average molecular weight is 260 g/mol. The fourth-order valence-corrected chi connectivity index (χ4v) is 2.30. The Labute approximate surface area is 113 Å². The van der Waals surface area contributed by atoms with Crippen molar-refractivity contribution >= 4 is 11.6 Å². The highest BCUT2D eigenvalue weighted by molar-refractivity contribution is 5.95. The van der Waals surface area contributed by atoms with Crippen molar-refractivity contribution in [3.63, 3.8) is 0 Å². The first-order chi connectivity index (χ1) is 9.19. The molecule has 1 aliphatic rings. The van der Waals surface area contributed by atoms with Gasteiger partial charge in [-0.25, -0.2) is 5.43 Å². The van der Waals surface area contributed by atoms with Crippen LogP contribution in [-0.4, -0.2) is 18.7 Å². The van der Waals surface area contributed by atoms with Crippen LogP contribution < -0.4 is 10.2 Å². The Morgan fingerprint density at radius 1 is 1.37 bits per heavy atom. The molecule has 1 aliphatic carbocycles. The molecule has 19 heavy (non-hydrogen) atoms. The predicted molar refractivity (Wildman–Crippen MR) is 75.5 cm³/mol. The molecule has 1 fully saturated rings. The first kappa shape index (κ1) is 13.6. The molecule has 1 saturated carbocycles. The summed E-state index contributed by atoms with van der Waals surface area (Å²) in [6.07, 6.45) is 4.40. The van der Waals surface area contributed by atoms with E-state index in [0.29, 0.717) is 11.5 Å². The number of carbonyl (C=O) groups is 1. The van der Waals surface area contributed by atoms with E-state index in [1.54, 1.807) is 31.4 Å². The standard InChI is InChI=1S/C15H20N2O2/c1-11-4-3-5-13(10-11)16-17-15(18)12-6-8-14(19-2)9-7-12/h6-9,11H,3-5,10H2,1-2H3,(H,17,18)/b16-13-/t11-/m0/s1. The van der Waals surface area contributed by atoms with Crippen LogP contribution >= 0.6 is 0 Å². The van der Waals surface area contributed by atoms with Gasteiger partial charge in [0.2, 0.25) is 0 Å². The fraction of sp³-hybridized carbons (Fsp3) is 0.467. The Morgan fingerprint density at radius 3 is 2.74 bits per heavy atom. The molecule has 0 unspecified atom stereocenters. The third-order valence-electron chi connectivity index (χ3n) is 3.41. The molecule has 1 atom stereocenters. The minimum Gasteiger partial charge on any atom is -0.497 e. The van der Waals surface area contributed by atoms with Gasteiger partial charge in [-0.3, -0.25) is 4.79 Å². The third-order valence-corrected chi connectivity index (χ3v) is 3.41. The van der Waals surface area contributed by atoms with E-state index in [0.717, 1.165) is 24.3 Å². The summed E-state index contributed by atoms with van der Waals surface area (Å²) in [7, 11) is 1.60. The molecule has 0 saturated heterocycles. The molecule has 0 bridgehead atoms. The minimum atomic E-state index is -0.173. The maximum absolute atomic E-state index is 11.9. The van der Waals surface area contributed by atoms with Gasteiger partial charge < -0.3 is 4.74 Å². The molecular formula is C15H20N2O2. The summed E-state index contributed by atoms with van der Waals surface area (Å²) in [5.74, 6) is 1.24. The van der Waals surface area contributed by atoms with Gasteiger partial charge in [-0.05, 0) is 55.9 Å². The topological polar surface area (TPSA) is 50.7 Å². The molecule has 2 rings (SSSR count). The van der Waals surface area contributed by atoms with Gasteiger partial charge >= 0.3 is 0 Å². The number of hydrogen-bond donors (Lipinski definition) is 1. The molecule has 1 aromatic carbocycles. The fourth-order valence-electron chi connectivity index (χ4n) is 2.30. The van der Waals surface area contributed by atoms with Crippen LogP contribution in [-0.2, 0) is 0 Å². The SMILES string of the molecule is COc1ccc(C(=O)N/N=C2/CCC[C@H](C)C2)cc1. The van der Waals surface area contributed by atoms with Gasteiger partial charge in [0.1, 0.15) is 5.75 Å². The first-order valence-corrected chi connectivity index (χ1v) is 6.69. The molecule has 102 valence electrons. The number of nitrogens with one attached hydrogen (secondary N) is 1. The van der Waals surface area contributed by atoms with Crippen molar-refractivity contribution in [1.29, 1.82) is 0 Å². The Hall–Kier alpha value is -1.84. The summed E-state index contributed by atoms with van der Waals surface area (Å²) < 4.78 is 5.06. The van der Waals surface area contributed by atoms with Crippen LogP contribution in [0.25, 0.3) is 0 Å². The number of hydrazone groups is 1. The van der Waals surface area contributed by atoms with E-state index in [1.165, 1.54) is 12.8 Å². The van der Waals surface area contributed by atoms with Crippen molar-refractivity contribution in [3.8, 4) is 5.75 Å². The Bertz CT molecular complexity index is 466. The van der Waals surface area contributed by atoms with E-state index < -0.39 is 0 Å². The largest absolute Gasteiger partial charge is 0.497 e. The van der Waals surface area contributed by atoms with Gasteiger partial charge in [-0.15, -0.1) is 0 Å². The lowest BCUT2D eigenvalue weighted by atomic mass is 9.89. The van der Waals surface area contributed by atoms with Gasteiger partial charge in [0.15, 0.2) is 0 Å². The van der Waals surface area contributed by atoms with Crippen molar-refractivity contribution in [2.24, 2.45) is 11.0 Å². The summed E-state index contributed by atoms with van der Waals surface area (Å²) in [6, 6.07) is 7.01. The van der Waals surface area contributed by atoms with Gasteiger partial charge in [-0.1, -0.05) is 6.92 Å². The number of rotatable bonds is 3. The van der Waals surface area contributed by atoms with Crippen LogP contribution in [0.2, 0.25) is 0 Å². The van der Waals surface area contributed by atoms with Crippen LogP contribution in [0.15, 0.2) is 29.4 Å². The molecule has 1 N–H and O–H groups in total. The van der Waals surface area contributed by atoms with Crippen LogP contribution in [0.5, 0.6) is 5.75 Å². The van der Waals surface area contributed by atoms with E-state index in [4.69, 9.17) is 4.74 Å². The monoisotopic (exact) mass is 260 g/mol. The van der Waals surface area contributed by atoms with E-state index in [2.05, 4.69) is 17.5 Å². The lowest BCUT2D eigenvalue weighted by Gasteiger charge is -2.18. The van der Waals surface area contributed by atoms with Crippen molar-refractivity contribution in [3.05, 3.63) is 29.8 Å². The van der Waals surface area contributed by atoms with E-state index in [1.807, 2.05) is 0 Å². The zero-order valence-electron chi connectivity index (χ0n) is 11.5. The molecular weight excluding hydrogens is 240 g/mol. The number of amides is 1. The molecule has 4 nitrogen and oxygen atoms in total. The first-order valence-electron chi connectivity index (χ1n) is 6.69. The molecule has 1 aromatic rings. The molecule has 0 aromatic heterocycles. The molecule has 4 heteroatoms. The zero-order valence-corrected chi connectivity index (χ0v) is 11.5. The maximum atomic E-state index is 11.9. The summed E-state index contributed by atoms with van der Waals surface area (Å²) in [6.45, 7) is 2.22. The summed E-state index contributed by atoms with van der Waals surface area (Å²) in [4.78, 5) is 11.9.